The molecule has 0 saturated carbocycles. The fourth-order valence-electron chi connectivity index (χ4n) is 1.77. The molecule has 0 saturated heterocycles. The standard InChI is InChI=1S/C14H23NO/c1-4-12-6-8-14(16-3)13(9-12)7-5-11(2)10-15/h6,8-9,11H,4-5,7,10,15H2,1-3H3. The zero-order valence-electron chi connectivity index (χ0n) is 10.6. The van der Waals surface area contributed by atoms with Gasteiger partial charge in [-0.1, -0.05) is 26.0 Å². The first-order valence-corrected chi connectivity index (χ1v) is 6.07. The number of nitrogens with two attached hydrogens (primary N) is 1. The molecule has 0 amide bonds. The molecular formula is C14H23NO. The lowest BCUT2D eigenvalue weighted by Crippen LogP contribution is -2.11. The predicted molar refractivity (Wildman–Crippen MR) is 68.9 cm³/mol. The highest BCUT2D eigenvalue weighted by molar-refractivity contribution is 5.37. The van der Waals surface area contributed by atoms with Crippen LogP contribution in [0.25, 0.3) is 0 Å². The van der Waals surface area contributed by atoms with Gasteiger partial charge in [-0.3, -0.25) is 0 Å². The first-order valence-electron chi connectivity index (χ1n) is 6.07. The largest absolute Gasteiger partial charge is 0.496 e. The van der Waals surface area contributed by atoms with Gasteiger partial charge in [0.2, 0.25) is 0 Å². The van der Waals surface area contributed by atoms with Gasteiger partial charge < -0.3 is 10.5 Å². The third-order valence-corrected chi connectivity index (χ3v) is 3.06. The molecule has 2 nitrogen and oxygen atoms in total. The molecule has 2 heteroatoms. The van der Waals surface area contributed by atoms with E-state index in [4.69, 9.17) is 10.5 Å². The van der Waals surface area contributed by atoms with E-state index in [1.54, 1.807) is 7.11 Å². The Labute approximate surface area is 98.8 Å². The van der Waals surface area contributed by atoms with Crippen LogP contribution in [0.15, 0.2) is 18.2 Å². The van der Waals surface area contributed by atoms with Gasteiger partial charge in [0.15, 0.2) is 0 Å². The van der Waals surface area contributed by atoms with Crippen LogP contribution in [0.2, 0.25) is 0 Å². The molecule has 0 fully saturated rings. The van der Waals surface area contributed by atoms with Gasteiger partial charge in [-0.2, -0.15) is 0 Å². The average molecular weight is 221 g/mol. The van der Waals surface area contributed by atoms with Gasteiger partial charge in [-0.15, -0.1) is 0 Å². The van der Waals surface area contributed by atoms with Gasteiger partial charge >= 0.3 is 0 Å². The van der Waals surface area contributed by atoms with Crippen LogP contribution in [0.5, 0.6) is 5.75 Å². The summed E-state index contributed by atoms with van der Waals surface area (Å²) in [7, 11) is 1.73. The second-order valence-electron chi connectivity index (χ2n) is 4.38. The van der Waals surface area contributed by atoms with Crippen molar-refractivity contribution in [3.8, 4) is 5.75 Å². The van der Waals surface area contributed by atoms with E-state index in [1.165, 1.54) is 11.1 Å². The Morgan fingerprint density at radius 2 is 2.12 bits per heavy atom. The summed E-state index contributed by atoms with van der Waals surface area (Å²) < 4.78 is 5.38. The highest BCUT2D eigenvalue weighted by Crippen LogP contribution is 2.22. The molecule has 1 aromatic carbocycles. The van der Waals surface area contributed by atoms with Crippen molar-refractivity contribution in [2.45, 2.75) is 33.1 Å². The van der Waals surface area contributed by atoms with Crippen molar-refractivity contribution in [3.05, 3.63) is 29.3 Å². The minimum atomic E-state index is 0.579. The van der Waals surface area contributed by atoms with Gasteiger partial charge in [-0.25, -0.2) is 0 Å². The number of benzene rings is 1. The van der Waals surface area contributed by atoms with E-state index in [-0.39, 0.29) is 0 Å². The average Bonchev–Trinajstić information content (AvgIpc) is 2.35. The molecule has 0 radical (unpaired) electrons. The van der Waals surface area contributed by atoms with Crippen LogP contribution >= 0.6 is 0 Å². The van der Waals surface area contributed by atoms with Gasteiger partial charge in [-0.05, 0) is 48.9 Å². The van der Waals surface area contributed by atoms with E-state index in [9.17, 15) is 0 Å². The SMILES string of the molecule is CCc1ccc(OC)c(CCC(C)CN)c1. The summed E-state index contributed by atoms with van der Waals surface area (Å²) in [6.45, 7) is 5.13. The minimum Gasteiger partial charge on any atom is -0.496 e. The molecule has 0 bridgehead atoms. The molecule has 1 aromatic rings. The lowest BCUT2D eigenvalue weighted by atomic mass is 9.98. The number of aryl methyl sites for hydroxylation is 2. The van der Waals surface area contributed by atoms with Crippen molar-refractivity contribution in [1.82, 2.24) is 0 Å². The van der Waals surface area contributed by atoms with E-state index >= 15 is 0 Å². The third-order valence-electron chi connectivity index (χ3n) is 3.06. The number of methoxy groups -OCH3 is 1. The van der Waals surface area contributed by atoms with Gasteiger partial charge in [0.05, 0.1) is 7.11 Å². The number of hydrogen-bond acceptors (Lipinski definition) is 2. The van der Waals surface area contributed by atoms with Crippen molar-refractivity contribution >= 4 is 0 Å². The smallest absolute Gasteiger partial charge is 0.122 e. The van der Waals surface area contributed by atoms with Gasteiger partial charge in [0.1, 0.15) is 5.75 Å². The summed E-state index contributed by atoms with van der Waals surface area (Å²) in [4.78, 5) is 0. The van der Waals surface area contributed by atoms with Crippen LogP contribution in [0, 0.1) is 5.92 Å². The van der Waals surface area contributed by atoms with Gasteiger partial charge in [0.25, 0.3) is 0 Å². The number of ether oxygens (including phenoxy) is 1. The summed E-state index contributed by atoms with van der Waals surface area (Å²) in [6.07, 6.45) is 3.25. The van der Waals surface area contributed by atoms with E-state index < -0.39 is 0 Å². The Bertz CT molecular complexity index is 323. The van der Waals surface area contributed by atoms with E-state index in [2.05, 4.69) is 32.0 Å². The zero-order valence-corrected chi connectivity index (χ0v) is 10.6. The Balaban J connectivity index is 2.75. The molecule has 0 aliphatic rings. The lowest BCUT2D eigenvalue weighted by molar-refractivity contribution is 0.407. The van der Waals surface area contributed by atoms with Crippen LogP contribution in [0.3, 0.4) is 0 Å². The second-order valence-corrected chi connectivity index (χ2v) is 4.38. The molecule has 0 aliphatic heterocycles. The van der Waals surface area contributed by atoms with Crippen LogP contribution in [0.4, 0.5) is 0 Å². The van der Waals surface area contributed by atoms with Gasteiger partial charge in [0, 0.05) is 0 Å². The van der Waals surface area contributed by atoms with Crippen LogP contribution < -0.4 is 10.5 Å². The highest BCUT2D eigenvalue weighted by atomic mass is 16.5. The normalized spacial score (nSPS) is 12.5. The molecule has 0 spiro atoms. The fraction of sp³-hybridized carbons (Fsp3) is 0.571. The molecule has 90 valence electrons. The van der Waals surface area contributed by atoms with Crippen molar-refractivity contribution in [2.75, 3.05) is 13.7 Å². The fourth-order valence-corrected chi connectivity index (χ4v) is 1.77. The van der Waals surface area contributed by atoms with E-state index in [1.807, 2.05) is 0 Å². The van der Waals surface area contributed by atoms with Crippen molar-refractivity contribution in [1.29, 1.82) is 0 Å². The van der Waals surface area contributed by atoms with Crippen molar-refractivity contribution < 1.29 is 4.74 Å². The Hall–Kier alpha value is -1.02. The Morgan fingerprint density at radius 3 is 2.69 bits per heavy atom. The molecular weight excluding hydrogens is 198 g/mol. The minimum absolute atomic E-state index is 0.579. The van der Waals surface area contributed by atoms with Crippen LogP contribution in [-0.2, 0) is 12.8 Å². The maximum Gasteiger partial charge on any atom is 0.122 e. The van der Waals surface area contributed by atoms with E-state index in [0.717, 1.165) is 31.6 Å². The predicted octanol–water partition coefficient (Wildman–Crippen LogP) is 2.79. The molecule has 1 unspecified atom stereocenters. The molecule has 0 aromatic heterocycles. The Morgan fingerprint density at radius 1 is 1.38 bits per heavy atom. The molecule has 0 heterocycles. The second kappa shape index (κ2) is 6.54. The summed E-state index contributed by atoms with van der Waals surface area (Å²) in [6, 6.07) is 6.46. The maximum absolute atomic E-state index is 5.63. The van der Waals surface area contributed by atoms with Crippen molar-refractivity contribution in [2.24, 2.45) is 11.7 Å². The molecule has 1 rings (SSSR count). The highest BCUT2D eigenvalue weighted by Gasteiger charge is 2.06. The Kier molecular flexibility index (Phi) is 5.33. The quantitative estimate of drug-likeness (QED) is 0.801. The third kappa shape index (κ3) is 3.53. The van der Waals surface area contributed by atoms with Crippen molar-refractivity contribution in [3.63, 3.8) is 0 Å². The first kappa shape index (κ1) is 13.0. The maximum atomic E-state index is 5.63. The molecule has 16 heavy (non-hydrogen) atoms. The molecule has 1 atom stereocenters. The molecule has 0 aliphatic carbocycles. The topological polar surface area (TPSA) is 35.2 Å². The summed E-state index contributed by atoms with van der Waals surface area (Å²) in [5.41, 5.74) is 8.31. The number of hydrogen-bond donors (Lipinski definition) is 1. The number of rotatable bonds is 6. The monoisotopic (exact) mass is 221 g/mol. The summed E-state index contributed by atoms with van der Waals surface area (Å²) in [5, 5.41) is 0. The summed E-state index contributed by atoms with van der Waals surface area (Å²) in [5.74, 6) is 1.58. The lowest BCUT2D eigenvalue weighted by Gasteiger charge is -2.12. The first-order chi connectivity index (χ1) is 7.71. The van der Waals surface area contributed by atoms with E-state index in [0.29, 0.717) is 5.92 Å². The summed E-state index contributed by atoms with van der Waals surface area (Å²) >= 11 is 0. The molecule has 2 N–H and O–H groups in total. The van der Waals surface area contributed by atoms with Crippen LogP contribution in [0.1, 0.15) is 31.4 Å². The van der Waals surface area contributed by atoms with Crippen LogP contribution in [-0.4, -0.2) is 13.7 Å². The zero-order chi connectivity index (χ0) is 12.0.